The molecule has 0 fully saturated rings. The van der Waals surface area contributed by atoms with Gasteiger partial charge in [-0.05, 0) is 50.1 Å². The minimum absolute atomic E-state index is 0.252. The van der Waals surface area contributed by atoms with Crippen molar-refractivity contribution < 1.29 is 8.42 Å². The maximum Gasteiger partial charge on any atom is 0.123 e. The van der Waals surface area contributed by atoms with Gasteiger partial charge in [0.15, 0.2) is 0 Å². The molecule has 0 saturated carbocycles. The van der Waals surface area contributed by atoms with E-state index in [2.05, 4.69) is 9.71 Å². The molecule has 0 spiro atoms. The monoisotopic (exact) mass is 331 g/mol. The number of sulfonamides is 1. The molecule has 0 bridgehead atoms. The first-order chi connectivity index (χ1) is 10.3. The van der Waals surface area contributed by atoms with E-state index in [-0.39, 0.29) is 4.90 Å². The van der Waals surface area contributed by atoms with Gasteiger partial charge in [-0.15, -0.1) is 17.0 Å². The lowest BCUT2D eigenvalue weighted by Gasteiger charge is -2.23. The van der Waals surface area contributed by atoms with Crippen LogP contribution in [0.3, 0.4) is 0 Å². The van der Waals surface area contributed by atoms with Gasteiger partial charge in [-0.2, -0.15) is 0 Å². The highest BCUT2D eigenvalue weighted by molar-refractivity contribution is 7.94. The van der Waals surface area contributed by atoms with Crippen molar-refractivity contribution in [3.8, 4) is 0 Å². The van der Waals surface area contributed by atoms with Crippen LogP contribution in [-0.4, -0.2) is 13.4 Å². The molecule has 114 valence electrons. The maximum absolute atomic E-state index is 12.5. The SMILES string of the molecule is Cc1ccc(C)c(S(=O)(=O)[N-]c2ccc3sc(C)nc3c2)c1. The Balaban J connectivity index is 2.00. The first-order valence-corrected chi connectivity index (χ1v) is 9.03. The van der Waals surface area contributed by atoms with Crippen LogP contribution in [0, 0.1) is 20.8 Å². The van der Waals surface area contributed by atoms with Gasteiger partial charge in [0.25, 0.3) is 0 Å². The van der Waals surface area contributed by atoms with E-state index in [1.165, 1.54) is 0 Å². The highest BCUT2D eigenvalue weighted by Gasteiger charge is 2.09. The van der Waals surface area contributed by atoms with Crippen molar-refractivity contribution in [1.82, 2.24) is 4.98 Å². The molecule has 3 rings (SSSR count). The standard InChI is InChI=1S/C16H15N2O2S2/c1-10-4-5-11(2)16(8-10)22(19,20)18-13-6-7-15-14(9-13)17-12(3)21-15/h4-9H,1-3H3/q-1. The number of nitrogens with zero attached hydrogens (tertiary/aromatic N) is 2. The first-order valence-electron chi connectivity index (χ1n) is 6.78. The third-order valence-corrected chi connectivity index (χ3v) is 5.72. The number of rotatable bonds is 3. The van der Waals surface area contributed by atoms with Gasteiger partial charge >= 0.3 is 0 Å². The van der Waals surface area contributed by atoms with Crippen molar-refractivity contribution in [3.63, 3.8) is 0 Å². The van der Waals surface area contributed by atoms with E-state index in [9.17, 15) is 8.42 Å². The highest BCUT2D eigenvalue weighted by Crippen LogP contribution is 2.33. The van der Waals surface area contributed by atoms with Gasteiger partial charge in [0.05, 0.1) is 20.1 Å². The van der Waals surface area contributed by atoms with E-state index < -0.39 is 10.0 Å². The van der Waals surface area contributed by atoms with Crippen LogP contribution in [0.4, 0.5) is 5.69 Å². The summed E-state index contributed by atoms with van der Waals surface area (Å²) in [4.78, 5) is 4.62. The molecule has 3 aromatic rings. The van der Waals surface area contributed by atoms with E-state index >= 15 is 0 Å². The summed E-state index contributed by atoms with van der Waals surface area (Å²) >= 11 is 1.58. The van der Waals surface area contributed by atoms with Crippen LogP contribution in [0.25, 0.3) is 14.9 Å². The number of fused-ring (bicyclic) bond motifs is 1. The number of aromatic nitrogens is 1. The lowest BCUT2D eigenvalue weighted by molar-refractivity contribution is 0.602. The molecule has 6 heteroatoms. The normalized spacial score (nSPS) is 11.8. The van der Waals surface area contributed by atoms with Crippen LogP contribution in [0.2, 0.25) is 0 Å². The summed E-state index contributed by atoms with van der Waals surface area (Å²) in [7, 11) is -3.73. The summed E-state index contributed by atoms with van der Waals surface area (Å²) in [5, 5.41) is 0.949. The molecule has 2 aromatic carbocycles. The number of thiazole rings is 1. The number of benzene rings is 2. The number of hydrogen-bond donors (Lipinski definition) is 0. The molecule has 0 N–H and O–H groups in total. The predicted molar refractivity (Wildman–Crippen MR) is 90.5 cm³/mol. The van der Waals surface area contributed by atoms with Crippen molar-refractivity contribution in [2.24, 2.45) is 0 Å². The van der Waals surface area contributed by atoms with E-state index in [0.717, 1.165) is 20.8 Å². The van der Waals surface area contributed by atoms with E-state index in [4.69, 9.17) is 0 Å². The Labute approximate surface area is 133 Å². The summed E-state index contributed by atoms with van der Waals surface area (Å²) in [6.07, 6.45) is 0. The smallest absolute Gasteiger partial charge is 0.123 e. The van der Waals surface area contributed by atoms with Gasteiger partial charge in [-0.3, -0.25) is 0 Å². The zero-order valence-corrected chi connectivity index (χ0v) is 14.1. The lowest BCUT2D eigenvalue weighted by atomic mass is 10.2. The Bertz CT molecular complexity index is 959. The van der Waals surface area contributed by atoms with Gasteiger partial charge in [0.2, 0.25) is 0 Å². The predicted octanol–water partition coefficient (Wildman–Crippen LogP) is 4.62. The van der Waals surface area contributed by atoms with Crippen molar-refractivity contribution in [2.75, 3.05) is 0 Å². The van der Waals surface area contributed by atoms with Crippen LogP contribution in [0.5, 0.6) is 0 Å². The summed E-state index contributed by atoms with van der Waals surface area (Å²) in [5.41, 5.74) is 2.77. The number of aryl methyl sites for hydroxylation is 3. The third-order valence-electron chi connectivity index (χ3n) is 3.33. The van der Waals surface area contributed by atoms with E-state index in [0.29, 0.717) is 11.3 Å². The Hall–Kier alpha value is -1.92. The van der Waals surface area contributed by atoms with Crippen molar-refractivity contribution in [2.45, 2.75) is 25.7 Å². The second-order valence-electron chi connectivity index (χ2n) is 5.22. The minimum Gasteiger partial charge on any atom is -0.573 e. The zero-order chi connectivity index (χ0) is 15.9. The fourth-order valence-electron chi connectivity index (χ4n) is 2.26. The fourth-order valence-corrected chi connectivity index (χ4v) is 4.37. The van der Waals surface area contributed by atoms with Crippen LogP contribution in [-0.2, 0) is 10.0 Å². The Morgan fingerprint density at radius 1 is 1.05 bits per heavy atom. The average molecular weight is 331 g/mol. The van der Waals surface area contributed by atoms with Crippen molar-refractivity contribution in [3.05, 3.63) is 57.3 Å². The van der Waals surface area contributed by atoms with Crippen molar-refractivity contribution in [1.29, 1.82) is 0 Å². The van der Waals surface area contributed by atoms with Crippen LogP contribution >= 0.6 is 11.3 Å². The average Bonchev–Trinajstić information content (AvgIpc) is 2.80. The molecule has 1 heterocycles. The Morgan fingerprint density at radius 3 is 2.59 bits per heavy atom. The molecule has 0 amide bonds. The molecule has 0 saturated heterocycles. The first kappa shape index (κ1) is 15.0. The molecule has 4 nitrogen and oxygen atoms in total. The molecule has 0 atom stereocenters. The Kier molecular flexibility index (Phi) is 3.66. The molecule has 1 aromatic heterocycles. The minimum atomic E-state index is -3.73. The van der Waals surface area contributed by atoms with Crippen LogP contribution in [0.1, 0.15) is 16.1 Å². The topological polar surface area (TPSA) is 61.1 Å². The number of hydrogen-bond acceptors (Lipinski definition) is 4. The fraction of sp³-hybridized carbons (Fsp3) is 0.188. The molecule has 0 aliphatic carbocycles. The zero-order valence-electron chi connectivity index (χ0n) is 12.5. The maximum atomic E-state index is 12.5. The van der Waals surface area contributed by atoms with Gasteiger partial charge in [-0.25, -0.2) is 13.4 Å². The molecule has 0 radical (unpaired) electrons. The second kappa shape index (κ2) is 5.37. The van der Waals surface area contributed by atoms with Gasteiger partial charge in [0.1, 0.15) is 10.0 Å². The van der Waals surface area contributed by atoms with E-state index in [1.54, 1.807) is 42.5 Å². The summed E-state index contributed by atoms with van der Waals surface area (Å²) in [6, 6.07) is 10.6. The summed E-state index contributed by atoms with van der Waals surface area (Å²) in [6.45, 7) is 5.56. The summed E-state index contributed by atoms with van der Waals surface area (Å²) in [5.74, 6) is 0. The largest absolute Gasteiger partial charge is 0.573 e. The quantitative estimate of drug-likeness (QED) is 0.704. The molecule has 0 aliphatic heterocycles. The molecule has 0 unspecified atom stereocenters. The molecule has 22 heavy (non-hydrogen) atoms. The van der Waals surface area contributed by atoms with Crippen molar-refractivity contribution >= 4 is 37.3 Å². The van der Waals surface area contributed by atoms with E-state index in [1.807, 2.05) is 26.0 Å². The molecular weight excluding hydrogens is 316 g/mol. The molecule has 0 aliphatic rings. The lowest BCUT2D eigenvalue weighted by Crippen LogP contribution is -2.01. The third kappa shape index (κ3) is 2.84. The van der Waals surface area contributed by atoms with Gasteiger partial charge in [-0.1, -0.05) is 18.2 Å². The van der Waals surface area contributed by atoms with Gasteiger partial charge in [0, 0.05) is 0 Å². The molecular formula is C16H15N2O2S2-. The van der Waals surface area contributed by atoms with Crippen LogP contribution in [0.15, 0.2) is 41.3 Å². The van der Waals surface area contributed by atoms with Gasteiger partial charge < -0.3 is 4.72 Å². The highest BCUT2D eigenvalue weighted by atomic mass is 32.2. The summed E-state index contributed by atoms with van der Waals surface area (Å²) < 4.78 is 30.1. The second-order valence-corrected chi connectivity index (χ2v) is 8.03. The Morgan fingerprint density at radius 2 is 1.82 bits per heavy atom. The van der Waals surface area contributed by atoms with Crippen LogP contribution < -0.4 is 0 Å².